The quantitative estimate of drug-likeness (QED) is 0.823. The summed E-state index contributed by atoms with van der Waals surface area (Å²) in [6, 6.07) is 6.71. The van der Waals surface area contributed by atoms with Gasteiger partial charge in [-0.3, -0.25) is 4.72 Å². The highest BCUT2D eigenvalue weighted by molar-refractivity contribution is 7.91. The van der Waals surface area contributed by atoms with E-state index in [9.17, 15) is 8.42 Å². The SMILES string of the molecule is CCc1ccc(NS(=O)(=O)Cc2cc(C)on2)cc1N. The number of sulfonamides is 1. The van der Waals surface area contributed by atoms with Crippen LogP contribution in [0.25, 0.3) is 0 Å². The average Bonchev–Trinajstić information content (AvgIpc) is 2.73. The molecule has 0 radical (unpaired) electrons. The highest BCUT2D eigenvalue weighted by Gasteiger charge is 2.15. The third-order valence-electron chi connectivity index (χ3n) is 2.81. The van der Waals surface area contributed by atoms with Gasteiger partial charge in [-0.1, -0.05) is 18.1 Å². The molecule has 0 fully saturated rings. The predicted molar refractivity (Wildman–Crippen MR) is 77.7 cm³/mol. The molecule has 1 aromatic heterocycles. The Balaban J connectivity index is 2.13. The van der Waals surface area contributed by atoms with E-state index in [1.807, 2.05) is 13.0 Å². The maximum Gasteiger partial charge on any atom is 0.238 e. The number of benzene rings is 1. The van der Waals surface area contributed by atoms with Gasteiger partial charge in [-0.05, 0) is 31.0 Å². The van der Waals surface area contributed by atoms with E-state index in [4.69, 9.17) is 10.3 Å². The summed E-state index contributed by atoms with van der Waals surface area (Å²) < 4.78 is 31.3. The molecule has 1 aromatic carbocycles. The molecule has 0 amide bonds. The van der Waals surface area contributed by atoms with E-state index in [2.05, 4.69) is 9.88 Å². The van der Waals surface area contributed by atoms with Crippen LogP contribution >= 0.6 is 0 Å². The number of nitrogens with one attached hydrogen (secondary N) is 1. The van der Waals surface area contributed by atoms with Crippen molar-refractivity contribution >= 4 is 21.4 Å². The Bertz CT molecular complexity index is 707. The zero-order valence-electron chi connectivity index (χ0n) is 11.4. The number of aromatic nitrogens is 1. The monoisotopic (exact) mass is 295 g/mol. The van der Waals surface area contributed by atoms with Crippen molar-refractivity contribution in [3.05, 3.63) is 41.3 Å². The Kier molecular flexibility index (Phi) is 3.99. The Labute approximate surface area is 118 Å². The number of anilines is 2. The second kappa shape index (κ2) is 5.54. The van der Waals surface area contributed by atoms with E-state index in [0.717, 1.165) is 12.0 Å². The van der Waals surface area contributed by atoms with Crippen molar-refractivity contribution in [1.29, 1.82) is 0 Å². The van der Waals surface area contributed by atoms with Gasteiger partial charge in [-0.25, -0.2) is 8.42 Å². The van der Waals surface area contributed by atoms with Gasteiger partial charge < -0.3 is 10.3 Å². The molecule has 0 aliphatic carbocycles. The minimum absolute atomic E-state index is 0.236. The highest BCUT2D eigenvalue weighted by Crippen LogP contribution is 2.20. The topological polar surface area (TPSA) is 98.2 Å². The van der Waals surface area contributed by atoms with Gasteiger partial charge in [0.25, 0.3) is 0 Å². The number of nitrogens with zero attached hydrogens (tertiary/aromatic N) is 1. The van der Waals surface area contributed by atoms with Crippen LogP contribution in [0.5, 0.6) is 0 Å². The minimum atomic E-state index is -3.54. The number of nitrogen functional groups attached to an aromatic ring is 1. The molecule has 0 spiro atoms. The van der Waals surface area contributed by atoms with Crippen LogP contribution in [0.15, 0.2) is 28.8 Å². The molecule has 7 heteroatoms. The fraction of sp³-hybridized carbons (Fsp3) is 0.308. The molecular formula is C13H17N3O3S. The Morgan fingerprint density at radius 3 is 2.65 bits per heavy atom. The molecule has 108 valence electrons. The summed E-state index contributed by atoms with van der Waals surface area (Å²) in [5.41, 5.74) is 8.22. The average molecular weight is 295 g/mol. The van der Waals surface area contributed by atoms with Crippen molar-refractivity contribution in [3.8, 4) is 0 Å². The first kappa shape index (κ1) is 14.4. The van der Waals surface area contributed by atoms with Crippen molar-refractivity contribution in [2.24, 2.45) is 0 Å². The smallest absolute Gasteiger partial charge is 0.238 e. The summed E-state index contributed by atoms with van der Waals surface area (Å²) in [5.74, 6) is 0.339. The third-order valence-corrected chi connectivity index (χ3v) is 4.04. The summed E-state index contributed by atoms with van der Waals surface area (Å²) in [5, 5.41) is 3.67. The molecule has 0 aliphatic heterocycles. The molecule has 0 atom stereocenters. The van der Waals surface area contributed by atoms with Gasteiger partial charge in [0.15, 0.2) is 0 Å². The third kappa shape index (κ3) is 3.51. The largest absolute Gasteiger partial charge is 0.398 e. The van der Waals surface area contributed by atoms with Crippen LogP contribution in [0, 0.1) is 6.92 Å². The molecule has 2 aromatic rings. The van der Waals surface area contributed by atoms with Gasteiger partial charge in [-0.15, -0.1) is 0 Å². The summed E-state index contributed by atoms with van der Waals surface area (Å²) in [4.78, 5) is 0. The van der Waals surface area contributed by atoms with Crippen molar-refractivity contribution in [2.45, 2.75) is 26.0 Å². The Morgan fingerprint density at radius 2 is 2.10 bits per heavy atom. The molecule has 0 unspecified atom stereocenters. The maximum atomic E-state index is 12.0. The number of rotatable bonds is 5. The van der Waals surface area contributed by atoms with E-state index >= 15 is 0 Å². The predicted octanol–water partition coefficient (Wildman–Crippen LogP) is 2.07. The molecule has 1 heterocycles. The van der Waals surface area contributed by atoms with Gasteiger partial charge >= 0.3 is 0 Å². The van der Waals surface area contributed by atoms with Crippen LogP contribution in [0.3, 0.4) is 0 Å². The lowest BCUT2D eigenvalue weighted by molar-refractivity contribution is 0.392. The lowest BCUT2D eigenvalue weighted by Gasteiger charge is -2.09. The summed E-state index contributed by atoms with van der Waals surface area (Å²) >= 11 is 0. The van der Waals surface area contributed by atoms with E-state index < -0.39 is 10.0 Å². The van der Waals surface area contributed by atoms with Crippen molar-refractivity contribution in [1.82, 2.24) is 5.16 Å². The lowest BCUT2D eigenvalue weighted by atomic mass is 10.1. The van der Waals surface area contributed by atoms with E-state index in [0.29, 0.717) is 22.8 Å². The summed E-state index contributed by atoms with van der Waals surface area (Å²) in [6.45, 7) is 3.70. The minimum Gasteiger partial charge on any atom is -0.398 e. The van der Waals surface area contributed by atoms with E-state index in [1.54, 1.807) is 25.1 Å². The Morgan fingerprint density at radius 1 is 1.35 bits per heavy atom. The van der Waals surface area contributed by atoms with Crippen LogP contribution in [-0.2, 0) is 22.2 Å². The van der Waals surface area contributed by atoms with Crippen LogP contribution < -0.4 is 10.5 Å². The first-order valence-corrected chi connectivity index (χ1v) is 7.86. The molecule has 2 rings (SSSR count). The molecule has 0 aliphatic rings. The summed E-state index contributed by atoms with van der Waals surface area (Å²) in [6.07, 6.45) is 0.803. The maximum absolute atomic E-state index is 12.0. The van der Waals surface area contributed by atoms with E-state index in [-0.39, 0.29) is 5.75 Å². The van der Waals surface area contributed by atoms with Crippen LogP contribution in [0.1, 0.15) is 23.9 Å². The van der Waals surface area contributed by atoms with Crippen molar-refractivity contribution in [3.63, 3.8) is 0 Å². The van der Waals surface area contributed by atoms with Gasteiger partial charge in [0, 0.05) is 11.8 Å². The Hall–Kier alpha value is -2.02. The fourth-order valence-electron chi connectivity index (χ4n) is 1.88. The van der Waals surface area contributed by atoms with E-state index in [1.165, 1.54) is 0 Å². The van der Waals surface area contributed by atoms with Crippen molar-refractivity contribution < 1.29 is 12.9 Å². The van der Waals surface area contributed by atoms with Gasteiger partial charge in [0.1, 0.15) is 17.2 Å². The molecule has 0 bridgehead atoms. The molecule has 6 nitrogen and oxygen atoms in total. The summed E-state index contributed by atoms with van der Waals surface area (Å²) in [7, 11) is -3.54. The molecule has 0 saturated heterocycles. The normalized spacial score (nSPS) is 11.5. The van der Waals surface area contributed by atoms with Gasteiger partial charge in [-0.2, -0.15) is 0 Å². The lowest BCUT2D eigenvalue weighted by Crippen LogP contribution is -2.15. The van der Waals surface area contributed by atoms with Gasteiger partial charge in [0.2, 0.25) is 10.0 Å². The highest BCUT2D eigenvalue weighted by atomic mass is 32.2. The number of hydrogen-bond donors (Lipinski definition) is 2. The zero-order chi connectivity index (χ0) is 14.8. The molecule has 3 N–H and O–H groups in total. The van der Waals surface area contributed by atoms with Crippen LogP contribution in [0.4, 0.5) is 11.4 Å². The van der Waals surface area contributed by atoms with Crippen molar-refractivity contribution in [2.75, 3.05) is 10.5 Å². The van der Waals surface area contributed by atoms with Gasteiger partial charge in [0.05, 0.1) is 5.69 Å². The van der Waals surface area contributed by atoms with Crippen LogP contribution in [-0.4, -0.2) is 13.6 Å². The number of nitrogens with two attached hydrogens (primary N) is 1. The second-order valence-electron chi connectivity index (χ2n) is 4.56. The molecule has 20 heavy (non-hydrogen) atoms. The standard InChI is InChI=1S/C13H17N3O3S/c1-3-10-4-5-11(7-13(10)14)16-20(17,18)8-12-6-9(2)19-15-12/h4-7,16H,3,8,14H2,1-2H3. The second-order valence-corrected chi connectivity index (χ2v) is 6.28. The zero-order valence-corrected chi connectivity index (χ0v) is 12.2. The molecule has 0 saturated carbocycles. The molecular weight excluding hydrogens is 278 g/mol. The first-order valence-electron chi connectivity index (χ1n) is 6.20. The first-order chi connectivity index (χ1) is 9.39. The number of aryl methyl sites for hydroxylation is 2. The van der Waals surface area contributed by atoms with Crippen LogP contribution in [0.2, 0.25) is 0 Å². The number of hydrogen-bond acceptors (Lipinski definition) is 5. The fourth-order valence-corrected chi connectivity index (χ4v) is 2.96.